The fourth-order valence-electron chi connectivity index (χ4n) is 5.48. The lowest BCUT2D eigenvalue weighted by atomic mass is 9.96. The summed E-state index contributed by atoms with van der Waals surface area (Å²) >= 11 is 5.87. The molecule has 0 bridgehead atoms. The van der Waals surface area contributed by atoms with E-state index < -0.39 is 4.92 Å². The van der Waals surface area contributed by atoms with E-state index in [2.05, 4.69) is 37.7 Å². The number of aromatic nitrogens is 2. The van der Waals surface area contributed by atoms with Gasteiger partial charge < -0.3 is 24.3 Å². The van der Waals surface area contributed by atoms with Crippen LogP contribution in [0.25, 0.3) is 5.69 Å². The summed E-state index contributed by atoms with van der Waals surface area (Å²) in [7, 11) is 1.53. The van der Waals surface area contributed by atoms with Gasteiger partial charge in [-0.1, -0.05) is 6.07 Å². The van der Waals surface area contributed by atoms with E-state index in [0.717, 1.165) is 67.7 Å². The molecule has 10 nitrogen and oxygen atoms in total. The topological polar surface area (TPSA) is 97.9 Å². The van der Waals surface area contributed by atoms with Crippen molar-refractivity contribution in [3.05, 3.63) is 81.4 Å². The van der Waals surface area contributed by atoms with Crippen molar-refractivity contribution in [2.24, 2.45) is 0 Å². The molecule has 1 aromatic carbocycles. The number of pyridine rings is 1. The van der Waals surface area contributed by atoms with Gasteiger partial charge in [0.1, 0.15) is 5.75 Å². The molecule has 2 aromatic heterocycles. The molecular weight excluding hydrogens is 504 g/mol. The Kier molecular flexibility index (Phi) is 7.59. The van der Waals surface area contributed by atoms with Crippen LogP contribution >= 0.6 is 12.2 Å². The van der Waals surface area contributed by atoms with E-state index in [9.17, 15) is 10.1 Å². The van der Waals surface area contributed by atoms with Crippen LogP contribution < -0.4 is 10.1 Å². The average molecular weight is 537 g/mol. The maximum absolute atomic E-state index is 11.3. The highest BCUT2D eigenvalue weighted by molar-refractivity contribution is 7.80. The van der Waals surface area contributed by atoms with Crippen LogP contribution in [-0.4, -0.2) is 75.9 Å². The summed E-state index contributed by atoms with van der Waals surface area (Å²) in [5.74, 6) is 0.443. The van der Waals surface area contributed by atoms with Gasteiger partial charge in [-0.3, -0.25) is 20.0 Å². The molecule has 2 aliphatic rings. The van der Waals surface area contributed by atoms with E-state index in [0.29, 0.717) is 10.9 Å². The number of nitro groups is 1. The molecule has 5 rings (SSSR count). The van der Waals surface area contributed by atoms with Crippen molar-refractivity contribution in [3.63, 3.8) is 0 Å². The summed E-state index contributed by atoms with van der Waals surface area (Å²) in [6, 6.07) is 12.6. The quantitative estimate of drug-likeness (QED) is 0.262. The first kappa shape index (κ1) is 26.1. The number of thiocarbonyl (C=S) groups is 1. The van der Waals surface area contributed by atoms with E-state index >= 15 is 0 Å². The molecule has 11 heteroatoms. The minimum atomic E-state index is -0.415. The summed E-state index contributed by atoms with van der Waals surface area (Å²) in [5, 5.41) is 15.6. The number of aryl methyl sites for hydroxylation is 1. The van der Waals surface area contributed by atoms with Crippen molar-refractivity contribution in [3.8, 4) is 11.4 Å². The summed E-state index contributed by atoms with van der Waals surface area (Å²) in [6.07, 6.45) is 1.80. The average Bonchev–Trinajstić information content (AvgIpc) is 3.42. The number of nitrogens with one attached hydrogen (secondary N) is 1. The molecule has 0 radical (unpaired) electrons. The first-order valence-electron chi connectivity index (χ1n) is 12.7. The molecule has 2 atom stereocenters. The van der Waals surface area contributed by atoms with Crippen molar-refractivity contribution in [1.29, 1.82) is 0 Å². The first-order valence-corrected chi connectivity index (χ1v) is 13.1. The van der Waals surface area contributed by atoms with Crippen molar-refractivity contribution in [2.45, 2.75) is 25.9 Å². The molecule has 3 aromatic rings. The lowest BCUT2D eigenvalue weighted by molar-refractivity contribution is -0.384. The van der Waals surface area contributed by atoms with Crippen molar-refractivity contribution >= 4 is 23.0 Å². The second kappa shape index (κ2) is 11.1. The summed E-state index contributed by atoms with van der Waals surface area (Å²) < 4.78 is 13.2. The van der Waals surface area contributed by atoms with Gasteiger partial charge in [0.05, 0.1) is 54.8 Å². The highest BCUT2D eigenvalue weighted by Crippen LogP contribution is 2.42. The standard InChI is InChI=1S/C27H32N6O4S/c1-18-16-21(19(2)32(18)23-8-7-20(33(34)35)17-24(23)36-3)26-25(22-6-4-5-9-28-22)29-27(38)31(26)11-10-30-12-14-37-15-13-30/h4-9,16-17,25-26H,10-15H2,1-3H3,(H,29,38)/t25-,26-/m1/s1. The second-order valence-electron chi connectivity index (χ2n) is 9.55. The van der Waals surface area contributed by atoms with Gasteiger partial charge in [0.15, 0.2) is 5.11 Å². The Balaban J connectivity index is 1.55. The summed E-state index contributed by atoms with van der Waals surface area (Å²) in [5.41, 5.74) is 4.79. The maximum Gasteiger partial charge on any atom is 0.273 e. The van der Waals surface area contributed by atoms with Crippen LogP contribution in [0.2, 0.25) is 0 Å². The lowest BCUT2D eigenvalue weighted by Crippen LogP contribution is -2.42. The fraction of sp³-hybridized carbons (Fsp3) is 0.407. The molecule has 2 aliphatic heterocycles. The molecule has 0 unspecified atom stereocenters. The number of ether oxygens (including phenoxy) is 2. The zero-order chi connectivity index (χ0) is 26.8. The number of benzene rings is 1. The predicted octanol–water partition coefficient (Wildman–Crippen LogP) is 3.71. The van der Waals surface area contributed by atoms with Crippen molar-refractivity contribution in [1.82, 2.24) is 24.7 Å². The normalized spacial score (nSPS) is 20.0. The number of nitrogens with zero attached hydrogens (tertiary/aromatic N) is 5. The monoisotopic (exact) mass is 536 g/mol. The van der Waals surface area contributed by atoms with Gasteiger partial charge in [0, 0.05) is 49.8 Å². The van der Waals surface area contributed by atoms with Gasteiger partial charge in [0.25, 0.3) is 5.69 Å². The Morgan fingerprint density at radius 1 is 1.18 bits per heavy atom. The van der Waals surface area contributed by atoms with Gasteiger partial charge in [-0.2, -0.15) is 0 Å². The molecule has 2 fully saturated rings. The molecule has 0 aliphatic carbocycles. The van der Waals surface area contributed by atoms with Gasteiger partial charge in [-0.25, -0.2) is 0 Å². The minimum absolute atomic E-state index is 0.0110. The zero-order valence-corrected chi connectivity index (χ0v) is 22.6. The van der Waals surface area contributed by atoms with E-state index in [-0.39, 0.29) is 17.8 Å². The number of non-ortho nitro benzene ring substituents is 1. The van der Waals surface area contributed by atoms with Crippen LogP contribution in [0.5, 0.6) is 5.75 Å². The van der Waals surface area contributed by atoms with E-state index in [4.69, 9.17) is 21.7 Å². The molecule has 0 spiro atoms. The number of methoxy groups -OCH3 is 1. The molecular formula is C27H32N6O4S. The number of hydrogen-bond acceptors (Lipinski definition) is 7. The summed E-state index contributed by atoms with van der Waals surface area (Å²) in [6.45, 7) is 9.08. The third-order valence-corrected chi connectivity index (χ3v) is 7.71. The predicted molar refractivity (Wildman–Crippen MR) is 148 cm³/mol. The highest BCUT2D eigenvalue weighted by atomic mass is 32.1. The lowest BCUT2D eigenvalue weighted by Gasteiger charge is -2.32. The molecule has 0 saturated carbocycles. The maximum atomic E-state index is 11.3. The smallest absolute Gasteiger partial charge is 0.273 e. The molecule has 0 amide bonds. The van der Waals surface area contributed by atoms with Crippen molar-refractivity contribution < 1.29 is 14.4 Å². The van der Waals surface area contributed by atoms with E-state index in [1.165, 1.54) is 19.2 Å². The number of hydrogen-bond donors (Lipinski definition) is 1. The highest BCUT2D eigenvalue weighted by Gasteiger charge is 2.41. The van der Waals surface area contributed by atoms with Gasteiger partial charge in [-0.05, 0) is 55.9 Å². The van der Waals surface area contributed by atoms with Gasteiger partial charge >= 0.3 is 0 Å². The van der Waals surface area contributed by atoms with Gasteiger partial charge in [-0.15, -0.1) is 0 Å². The number of morpholine rings is 1. The Hall–Kier alpha value is -3.54. The van der Waals surface area contributed by atoms with Crippen LogP contribution in [0, 0.1) is 24.0 Å². The van der Waals surface area contributed by atoms with Crippen LogP contribution in [0.1, 0.15) is 34.7 Å². The van der Waals surface area contributed by atoms with Crippen molar-refractivity contribution in [2.75, 3.05) is 46.5 Å². The Morgan fingerprint density at radius 3 is 2.66 bits per heavy atom. The minimum Gasteiger partial charge on any atom is -0.494 e. The first-order chi connectivity index (χ1) is 18.4. The van der Waals surface area contributed by atoms with Crippen LogP contribution in [0.3, 0.4) is 0 Å². The molecule has 1 N–H and O–H groups in total. The number of nitro benzene ring substituents is 1. The Bertz CT molecular complexity index is 1320. The molecule has 200 valence electrons. The third-order valence-electron chi connectivity index (χ3n) is 7.36. The van der Waals surface area contributed by atoms with Crippen LogP contribution in [0.4, 0.5) is 5.69 Å². The molecule has 38 heavy (non-hydrogen) atoms. The molecule has 2 saturated heterocycles. The molecule has 4 heterocycles. The van der Waals surface area contributed by atoms with E-state index in [1.54, 1.807) is 12.3 Å². The van der Waals surface area contributed by atoms with Crippen LogP contribution in [0.15, 0.2) is 48.7 Å². The number of rotatable bonds is 8. The second-order valence-corrected chi connectivity index (χ2v) is 9.94. The SMILES string of the molecule is COc1cc([N+](=O)[O-])ccc1-n1c(C)cc([C@@H]2[C@@H](c3ccccn3)NC(=S)N2CCN2CCOCC2)c1C. The van der Waals surface area contributed by atoms with Gasteiger partial charge in [0.2, 0.25) is 0 Å². The fourth-order valence-corrected chi connectivity index (χ4v) is 5.81. The van der Waals surface area contributed by atoms with Crippen LogP contribution in [-0.2, 0) is 4.74 Å². The third kappa shape index (κ3) is 4.96. The summed E-state index contributed by atoms with van der Waals surface area (Å²) in [4.78, 5) is 20.3. The largest absolute Gasteiger partial charge is 0.494 e. The Morgan fingerprint density at radius 2 is 1.97 bits per heavy atom. The Labute approximate surface area is 227 Å². The zero-order valence-electron chi connectivity index (χ0n) is 21.8. The van der Waals surface area contributed by atoms with E-state index in [1.807, 2.05) is 25.1 Å².